The molecular formula is C26H34N2O4. The van der Waals surface area contributed by atoms with Crippen molar-refractivity contribution in [3.05, 3.63) is 59.2 Å². The number of amides is 2. The van der Waals surface area contributed by atoms with Gasteiger partial charge in [0.2, 0.25) is 18.6 Å². The van der Waals surface area contributed by atoms with E-state index in [1.807, 2.05) is 56.3 Å². The Morgan fingerprint density at radius 3 is 2.47 bits per heavy atom. The van der Waals surface area contributed by atoms with E-state index in [9.17, 15) is 9.59 Å². The Labute approximate surface area is 190 Å². The Kier molecular flexibility index (Phi) is 8.54. The van der Waals surface area contributed by atoms with Gasteiger partial charge in [-0.05, 0) is 49.4 Å². The average Bonchev–Trinajstić information content (AvgIpc) is 3.27. The van der Waals surface area contributed by atoms with E-state index in [0.717, 1.165) is 29.7 Å². The zero-order valence-corrected chi connectivity index (χ0v) is 19.4. The number of ether oxygens (including phenoxy) is 2. The number of unbranched alkanes of at least 4 members (excludes halogenated alkanes) is 1. The van der Waals surface area contributed by atoms with Gasteiger partial charge in [-0.1, -0.05) is 56.2 Å². The molecule has 1 N–H and O–H groups in total. The van der Waals surface area contributed by atoms with Crippen molar-refractivity contribution < 1.29 is 19.1 Å². The molecule has 3 rings (SSSR count). The number of benzene rings is 2. The maximum Gasteiger partial charge on any atom is 0.242 e. The van der Waals surface area contributed by atoms with Gasteiger partial charge in [0.25, 0.3) is 0 Å². The number of nitrogens with zero attached hydrogens (tertiary/aromatic N) is 1. The molecule has 2 aromatic carbocycles. The monoisotopic (exact) mass is 438 g/mol. The standard InChI is InChI=1S/C26H34N2O4/c1-4-6-15-27-26(30)22(5-2)28(17-21-9-7-19(3)8-10-21)25(29)14-12-20-11-13-23-24(16-20)32-18-31-23/h7-11,13,16,22H,4-6,12,14-15,17-18H2,1-3H3,(H,27,30)/t22-/m1/s1. The summed E-state index contributed by atoms with van der Waals surface area (Å²) in [5.41, 5.74) is 3.20. The molecular weight excluding hydrogens is 404 g/mol. The summed E-state index contributed by atoms with van der Waals surface area (Å²) >= 11 is 0. The summed E-state index contributed by atoms with van der Waals surface area (Å²) in [6.45, 7) is 7.36. The minimum Gasteiger partial charge on any atom is -0.454 e. The zero-order valence-electron chi connectivity index (χ0n) is 19.4. The molecule has 0 aromatic heterocycles. The second-order valence-electron chi connectivity index (χ2n) is 8.26. The second kappa shape index (κ2) is 11.6. The van der Waals surface area contributed by atoms with Gasteiger partial charge >= 0.3 is 0 Å². The quantitative estimate of drug-likeness (QED) is 0.529. The third-order valence-corrected chi connectivity index (χ3v) is 5.75. The third-order valence-electron chi connectivity index (χ3n) is 5.75. The summed E-state index contributed by atoms with van der Waals surface area (Å²) in [7, 11) is 0. The van der Waals surface area contributed by atoms with Crippen LogP contribution in [0, 0.1) is 6.92 Å². The van der Waals surface area contributed by atoms with Crippen LogP contribution in [-0.2, 0) is 22.6 Å². The van der Waals surface area contributed by atoms with Crippen LogP contribution in [0.25, 0.3) is 0 Å². The Bertz CT molecular complexity index is 911. The lowest BCUT2D eigenvalue weighted by atomic mass is 10.1. The van der Waals surface area contributed by atoms with E-state index in [2.05, 4.69) is 12.2 Å². The molecule has 2 amide bonds. The maximum atomic E-state index is 13.3. The highest BCUT2D eigenvalue weighted by Gasteiger charge is 2.28. The summed E-state index contributed by atoms with van der Waals surface area (Å²) in [5.74, 6) is 1.34. The summed E-state index contributed by atoms with van der Waals surface area (Å²) in [4.78, 5) is 28.0. The lowest BCUT2D eigenvalue weighted by Gasteiger charge is -2.31. The fraction of sp³-hybridized carbons (Fsp3) is 0.462. The van der Waals surface area contributed by atoms with Gasteiger partial charge in [-0.25, -0.2) is 0 Å². The van der Waals surface area contributed by atoms with Crippen LogP contribution in [0.5, 0.6) is 11.5 Å². The smallest absolute Gasteiger partial charge is 0.242 e. The summed E-state index contributed by atoms with van der Waals surface area (Å²) in [6.07, 6.45) is 3.41. The lowest BCUT2D eigenvalue weighted by Crippen LogP contribution is -2.49. The summed E-state index contributed by atoms with van der Waals surface area (Å²) in [5, 5.41) is 3.00. The Morgan fingerprint density at radius 2 is 1.75 bits per heavy atom. The molecule has 0 saturated heterocycles. The average molecular weight is 439 g/mol. The number of carbonyl (C=O) groups excluding carboxylic acids is 2. The van der Waals surface area contributed by atoms with Gasteiger partial charge in [0.15, 0.2) is 11.5 Å². The summed E-state index contributed by atoms with van der Waals surface area (Å²) < 4.78 is 10.8. The van der Waals surface area contributed by atoms with Crippen LogP contribution in [0.3, 0.4) is 0 Å². The van der Waals surface area contributed by atoms with Crippen molar-refractivity contribution >= 4 is 11.8 Å². The SMILES string of the molecule is CCCCNC(=O)[C@@H](CC)N(Cc1ccc(C)cc1)C(=O)CCc1ccc2c(c1)OCO2. The summed E-state index contributed by atoms with van der Waals surface area (Å²) in [6, 6.07) is 13.4. The fourth-order valence-electron chi connectivity index (χ4n) is 3.81. The van der Waals surface area contributed by atoms with E-state index in [1.165, 1.54) is 5.56 Å². The molecule has 0 fully saturated rings. The van der Waals surface area contributed by atoms with Crippen molar-refractivity contribution in [3.63, 3.8) is 0 Å². The van der Waals surface area contributed by atoms with E-state index in [4.69, 9.17) is 9.47 Å². The highest BCUT2D eigenvalue weighted by atomic mass is 16.7. The van der Waals surface area contributed by atoms with Crippen LogP contribution in [0.4, 0.5) is 0 Å². The number of aryl methyl sites for hydroxylation is 2. The van der Waals surface area contributed by atoms with Gasteiger partial charge in [0, 0.05) is 19.5 Å². The first-order valence-electron chi connectivity index (χ1n) is 11.5. The highest BCUT2D eigenvalue weighted by Crippen LogP contribution is 2.32. The molecule has 0 aliphatic carbocycles. The molecule has 1 aliphatic rings. The minimum atomic E-state index is -0.489. The number of nitrogens with one attached hydrogen (secondary N) is 1. The zero-order chi connectivity index (χ0) is 22.9. The molecule has 2 aromatic rings. The second-order valence-corrected chi connectivity index (χ2v) is 8.26. The van der Waals surface area contributed by atoms with Crippen LogP contribution < -0.4 is 14.8 Å². The highest BCUT2D eigenvalue weighted by molar-refractivity contribution is 5.87. The predicted molar refractivity (Wildman–Crippen MR) is 125 cm³/mol. The molecule has 0 bridgehead atoms. The van der Waals surface area contributed by atoms with Gasteiger partial charge < -0.3 is 19.7 Å². The van der Waals surface area contributed by atoms with Crippen molar-refractivity contribution in [3.8, 4) is 11.5 Å². The molecule has 0 saturated carbocycles. The molecule has 1 heterocycles. The maximum absolute atomic E-state index is 13.3. The van der Waals surface area contributed by atoms with Crippen LogP contribution in [0.15, 0.2) is 42.5 Å². The molecule has 0 unspecified atom stereocenters. The topological polar surface area (TPSA) is 67.9 Å². The third kappa shape index (κ3) is 6.25. The van der Waals surface area contributed by atoms with E-state index in [0.29, 0.717) is 38.1 Å². The molecule has 0 spiro atoms. The normalized spacial score (nSPS) is 13.0. The van der Waals surface area contributed by atoms with Crippen LogP contribution >= 0.6 is 0 Å². The van der Waals surface area contributed by atoms with E-state index >= 15 is 0 Å². The molecule has 1 aliphatic heterocycles. The first-order valence-corrected chi connectivity index (χ1v) is 11.5. The van der Waals surface area contributed by atoms with Gasteiger partial charge in [-0.2, -0.15) is 0 Å². The van der Waals surface area contributed by atoms with Gasteiger partial charge in [0.05, 0.1) is 0 Å². The molecule has 32 heavy (non-hydrogen) atoms. The van der Waals surface area contributed by atoms with Gasteiger partial charge in [0.1, 0.15) is 6.04 Å². The Hall–Kier alpha value is -3.02. The van der Waals surface area contributed by atoms with E-state index < -0.39 is 6.04 Å². The van der Waals surface area contributed by atoms with Crippen molar-refractivity contribution in [2.75, 3.05) is 13.3 Å². The number of carbonyl (C=O) groups is 2. The number of rotatable bonds is 11. The molecule has 1 atom stereocenters. The molecule has 6 nitrogen and oxygen atoms in total. The van der Waals surface area contributed by atoms with Crippen molar-refractivity contribution in [2.45, 2.75) is 65.5 Å². The Balaban J connectivity index is 1.72. The molecule has 0 radical (unpaired) electrons. The molecule has 6 heteroatoms. The molecule has 172 valence electrons. The largest absolute Gasteiger partial charge is 0.454 e. The van der Waals surface area contributed by atoms with Crippen molar-refractivity contribution in [1.29, 1.82) is 0 Å². The predicted octanol–water partition coefficient (Wildman–Crippen LogP) is 4.38. The first-order chi connectivity index (χ1) is 15.5. The van der Waals surface area contributed by atoms with Crippen molar-refractivity contribution in [1.82, 2.24) is 10.2 Å². The minimum absolute atomic E-state index is 0.0271. The van der Waals surface area contributed by atoms with Crippen LogP contribution in [0.2, 0.25) is 0 Å². The van der Waals surface area contributed by atoms with Gasteiger partial charge in [-0.3, -0.25) is 9.59 Å². The fourth-order valence-corrected chi connectivity index (χ4v) is 3.81. The number of hydrogen-bond acceptors (Lipinski definition) is 4. The van der Waals surface area contributed by atoms with Crippen LogP contribution in [-0.4, -0.2) is 36.1 Å². The van der Waals surface area contributed by atoms with E-state index in [-0.39, 0.29) is 18.6 Å². The lowest BCUT2D eigenvalue weighted by molar-refractivity contribution is -0.141. The van der Waals surface area contributed by atoms with Crippen LogP contribution in [0.1, 0.15) is 56.2 Å². The number of fused-ring (bicyclic) bond motifs is 1. The van der Waals surface area contributed by atoms with Gasteiger partial charge in [-0.15, -0.1) is 0 Å². The number of hydrogen-bond donors (Lipinski definition) is 1. The van der Waals surface area contributed by atoms with Crippen molar-refractivity contribution in [2.24, 2.45) is 0 Å². The van der Waals surface area contributed by atoms with E-state index in [1.54, 1.807) is 4.90 Å². The first kappa shape index (κ1) is 23.6. The Morgan fingerprint density at radius 1 is 1.03 bits per heavy atom.